The molecule has 0 bridgehead atoms. The van der Waals surface area contributed by atoms with E-state index in [9.17, 15) is 0 Å². The molecule has 3 nitrogen and oxygen atoms in total. The van der Waals surface area contributed by atoms with Crippen molar-refractivity contribution in [2.24, 2.45) is 0 Å². The van der Waals surface area contributed by atoms with E-state index in [2.05, 4.69) is 21.2 Å². The van der Waals surface area contributed by atoms with Crippen molar-refractivity contribution in [1.29, 1.82) is 0 Å². The van der Waals surface area contributed by atoms with Gasteiger partial charge in [-0.3, -0.25) is 0 Å². The Bertz CT molecular complexity index is 488. The molecule has 2 rings (SSSR count). The molecule has 0 fully saturated rings. The minimum atomic E-state index is 0.552. The number of nitrogens with one attached hydrogen (secondary N) is 1. The van der Waals surface area contributed by atoms with Gasteiger partial charge in [0.25, 0.3) is 0 Å². The number of benzene rings is 1. The molecule has 0 unspecified atom stereocenters. The summed E-state index contributed by atoms with van der Waals surface area (Å²) in [6, 6.07) is 9.34. The fourth-order valence-electron chi connectivity index (χ4n) is 1.45. The van der Waals surface area contributed by atoms with Gasteiger partial charge in [-0.25, -0.2) is 0 Å². The van der Waals surface area contributed by atoms with Crippen molar-refractivity contribution < 1.29 is 9.15 Å². The Morgan fingerprint density at radius 2 is 2.22 bits per heavy atom. The average molecular weight is 331 g/mol. The molecule has 96 valence electrons. The monoisotopic (exact) mass is 329 g/mol. The number of hydrogen-bond acceptors (Lipinski definition) is 3. The number of rotatable bonds is 6. The molecular formula is C13H13BrClNO2. The second-order valence-electron chi connectivity index (χ2n) is 3.68. The molecule has 2 aromatic rings. The molecule has 0 saturated heterocycles. The van der Waals surface area contributed by atoms with E-state index in [0.29, 0.717) is 23.9 Å². The molecule has 0 aliphatic rings. The summed E-state index contributed by atoms with van der Waals surface area (Å²) in [6.07, 6.45) is 1.66. The minimum absolute atomic E-state index is 0.552. The Kier molecular flexibility index (Phi) is 5.11. The molecule has 5 heteroatoms. The minimum Gasteiger partial charge on any atom is -0.491 e. The molecule has 0 atom stereocenters. The van der Waals surface area contributed by atoms with Crippen molar-refractivity contribution >= 4 is 27.5 Å². The van der Waals surface area contributed by atoms with Gasteiger partial charge in [-0.15, -0.1) is 0 Å². The topological polar surface area (TPSA) is 34.4 Å². The maximum Gasteiger partial charge on any atom is 0.139 e. The van der Waals surface area contributed by atoms with Crippen molar-refractivity contribution in [2.45, 2.75) is 6.54 Å². The Morgan fingerprint density at radius 1 is 1.33 bits per heavy atom. The zero-order valence-electron chi connectivity index (χ0n) is 9.66. The van der Waals surface area contributed by atoms with Gasteiger partial charge in [0, 0.05) is 11.0 Å². The summed E-state index contributed by atoms with van der Waals surface area (Å²) in [6.45, 7) is 1.98. The third kappa shape index (κ3) is 4.05. The highest BCUT2D eigenvalue weighted by Crippen LogP contribution is 2.27. The molecule has 18 heavy (non-hydrogen) atoms. The Labute approximate surface area is 119 Å². The lowest BCUT2D eigenvalue weighted by molar-refractivity contribution is 0.311. The van der Waals surface area contributed by atoms with E-state index in [4.69, 9.17) is 20.8 Å². The van der Waals surface area contributed by atoms with Crippen LogP contribution in [0, 0.1) is 0 Å². The molecule has 0 radical (unpaired) electrons. The van der Waals surface area contributed by atoms with E-state index in [1.807, 2.05) is 24.3 Å². The summed E-state index contributed by atoms with van der Waals surface area (Å²) in [5.41, 5.74) is 0. The number of ether oxygens (including phenoxy) is 1. The highest BCUT2D eigenvalue weighted by atomic mass is 79.9. The second kappa shape index (κ2) is 6.83. The number of hydrogen-bond donors (Lipinski definition) is 1. The lowest BCUT2D eigenvalue weighted by Gasteiger charge is -2.08. The van der Waals surface area contributed by atoms with Crippen molar-refractivity contribution in [1.82, 2.24) is 5.32 Å². The smallest absolute Gasteiger partial charge is 0.139 e. The first-order valence-corrected chi connectivity index (χ1v) is 6.74. The first kappa shape index (κ1) is 13.5. The molecule has 0 aliphatic carbocycles. The summed E-state index contributed by atoms with van der Waals surface area (Å²) in [4.78, 5) is 0. The van der Waals surface area contributed by atoms with Crippen LogP contribution >= 0.6 is 27.5 Å². The molecule has 0 aliphatic heterocycles. The molecule has 0 spiro atoms. The van der Waals surface area contributed by atoms with Crippen LogP contribution in [0.4, 0.5) is 0 Å². The van der Waals surface area contributed by atoms with Crippen LogP contribution in [0.5, 0.6) is 5.75 Å². The fraction of sp³-hybridized carbons (Fsp3) is 0.231. The maximum atomic E-state index is 6.01. The zero-order valence-corrected chi connectivity index (χ0v) is 12.0. The summed E-state index contributed by atoms with van der Waals surface area (Å²) >= 11 is 9.39. The summed E-state index contributed by atoms with van der Waals surface area (Å²) in [5.74, 6) is 1.60. The first-order chi connectivity index (χ1) is 8.75. The van der Waals surface area contributed by atoms with Gasteiger partial charge in [0.2, 0.25) is 0 Å². The van der Waals surface area contributed by atoms with Gasteiger partial charge in [0.1, 0.15) is 18.1 Å². The van der Waals surface area contributed by atoms with Crippen LogP contribution in [-0.4, -0.2) is 13.2 Å². The molecule has 1 aromatic heterocycles. The van der Waals surface area contributed by atoms with Crippen LogP contribution in [0.2, 0.25) is 5.02 Å². The third-order valence-corrected chi connectivity index (χ3v) is 3.11. The number of furan rings is 1. The predicted octanol–water partition coefficient (Wildman–Crippen LogP) is 3.86. The standard InChI is InChI=1S/C13H13BrClNO2/c14-10-3-4-12(15)13(8-10)18-7-5-16-9-11-2-1-6-17-11/h1-4,6,8,16H,5,7,9H2. The van der Waals surface area contributed by atoms with Crippen molar-refractivity contribution in [3.8, 4) is 5.75 Å². The van der Waals surface area contributed by atoms with Crippen LogP contribution in [-0.2, 0) is 6.54 Å². The van der Waals surface area contributed by atoms with Gasteiger partial charge >= 0.3 is 0 Å². The lowest BCUT2D eigenvalue weighted by Crippen LogP contribution is -2.20. The van der Waals surface area contributed by atoms with E-state index in [-0.39, 0.29) is 0 Å². The normalized spacial score (nSPS) is 10.6. The molecule has 0 amide bonds. The van der Waals surface area contributed by atoms with Gasteiger partial charge in [-0.2, -0.15) is 0 Å². The van der Waals surface area contributed by atoms with Crippen molar-refractivity contribution in [2.75, 3.05) is 13.2 Å². The van der Waals surface area contributed by atoms with Crippen molar-refractivity contribution in [3.05, 3.63) is 51.9 Å². The van der Waals surface area contributed by atoms with E-state index in [1.54, 1.807) is 12.3 Å². The first-order valence-electron chi connectivity index (χ1n) is 5.56. The van der Waals surface area contributed by atoms with Crippen LogP contribution in [0.25, 0.3) is 0 Å². The van der Waals surface area contributed by atoms with E-state index >= 15 is 0 Å². The van der Waals surface area contributed by atoms with Crippen LogP contribution in [0.15, 0.2) is 45.5 Å². The lowest BCUT2D eigenvalue weighted by atomic mass is 10.3. The summed E-state index contributed by atoms with van der Waals surface area (Å²) in [7, 11) is 0. The van der Waals surface area contributed by atoms with E-state index < -0.39 is 0 Å². The Balaban J connectivity index is 1.70. The van der Waals surface area contributed by atoms with Crippen LogP contribution < -0.4 is 10.1 Å². The zero-order chi connectivity index (χ0) is 12.8. The van der Waals surface area contributed by atoms with Crippen LogP contribution in [0.3, 0.4) is 0 Å². The molecule has 1 N–H and O–H groups in total. The number of halogens is 2. The van der Waals surface area contributed by atoms with Gasteiger partial charge in [-0.05, 0) is 30.3 Å². The maximum absolute atomic E-state index is 6.01. The van der Waals surface area contributed by atoms with Crippen LogP contribution in [0.1, 0.15) is 5.76 Å². The molecule has 1 aromatic carbocycles. The Hall–Kier alpha value is -0.970. The van der Waals surface area contributed by atoms with Gasteiger partial charge < -0.3 is 14.5 Å². The third-order valence-electron chi connectivity index (χ3n) is 2.31. The summed E-state index contributed by atoms with van der Waals surface area (Å²) < 4.78 is 11.7. The second-order valence-corrected chi connectivity index (χ2v) is 5.00. The van der Waals surface area contributed by atoms with Gasteiger partial charge in [-0.1, -0.05) is 27.5 Å². The molecule has 1 heterocycles. The average Bonchev–Trinajstić information content (AvgIpc) is 2.86. The SMILES string of the molecule is Clc1ccc(Br)cc1OCCNCc1ccco1. The quantitative estimate of drug-likeness (QED) is 0.817. The highest BCUT2D eigenvalue weighted by molar-refractivity contribution is 9.10. The van der Waals surface area contributed by atoms with Crippen molar-refractivity contribution in [3.63, 3.8) is 0 Å². The van der Waals surface area contributed by atoms with E-state index in [1.165, 1.54) is 0 Å². The summed E-state index contributed by atoms with van der Waals surface area (Å²) in [5, 5.41) is 3.83. The highest BCUT2D eigenvalue weighted by Gasteiger charge is 2.02. The van der Waals surface area contributed by atoms with E-state index in [0.717, 1.165) is 16.8 Å². The Morgan fingerprint density at radius 3 is 3.00 bits per heavy atom. The predicted molar refractivity (Wildman–Crippen MR) is 75.1 cm³/mol. The van der Waals surface area contributed by atoms with Gasteiger partial charge in [0.15, 0.2) is 0 Å². The largest absolute Gasteiger partial charge is 0.491 e. The van der Waals surface area contributed by atoms with Gasteiger partial charge in [0.05, 0.1) is 17.8 Å². The fourth-order valence-corrected chi connectivity index (χ4v) is 1.96. The molecule has 0 saturated carbocycles. The molecular weight excluding hydrogens is 318 g/mol.